The van der Waals surface area contributed by atoms with Crippen LogP contribution < -0.4 is 5.32 Å². The maximum atomic E-state index is 12.8. The molecule has 0 spiro atoms. The first kappa shape index (κ1) is 11.7. The molecule has 15 heavy (non-hydrogen) atoms. The van der Waals surface area contributed by atoms with Gasteiger partial charge in [0, 0.05) is 11.3 Å². The van der Waals surface area contributed by atoms with Crippen LogP contribution in [0.4, 0.5) is 10.1 Å². The topological polar surface area (TPSA) is 29.1 Å². The fraction of sp³-hybridized carbons (Fsp3) is 0.182. The Hall–Kier alpha value is -1.35. The Morgan fingerprint density at radius 3 is 2.73 bits per heavy atom. The number of hydrogen-bond acceptors (Lipinski definition) is 1. The molecule has 0 aliphatic heterocycles. The zero-order valence-electron chi connectivity index (χ0n) is 8.47. The molecule has 1 aromatic carbocycles. The summed E-state index contributed by atoms with van der Waals surface area (Å²) in [5.74, 6) is -0.724. The van der Waals surface area contributed by atoms with Gasteiger partial charge in [-0.25, -0.2) is 4.39 Å². The SMILES string of the molecule is CC=C(C)C(=O)Nc1ccc(F)c(Cl)c1. The third-order valence-corrected chi connectivity index (χ3v) is 2.26. The predicted molar refractivity (Wildman–Crippen MR) is 59.5 cm³/mol. The number of rotatable bonds is 2. The number of amides is 1. The molecule has 2 nitrogen and oxygen atoms in total. The lowest BCUT2D eigenvalue weighted by atomic mass is 10.2. The molecule has 0 atom stereocenters. The second-order valence-corrected chi connectivity index (χ2v) is 3.46. The van der Waals surface area contributed by atoms with E-state index in [1.165, 1.54) is 18.2 Å². The highest BCUT2D eigenvalue weighted by atomic mass is 35.5. The fourth-order valence-corrected chi connectivity index (χ4v) is 1.12. The second kappa shape index (κ2) is 4.94. The summed E-state index contributed by atoms with van der Waals surface area (Å²) in [7, 11) is 0. The van der Waals surface area contributed by atoms with Crippen molar-refractivity contribution in [1.29, 1.82) is 0 Å². The third-order valence-electron chi connectivity index (χ3n) is 1.97. The van der Waals surface area contributed by atoms with Gasteiger partial charge in [0.1, 0.15) is 5.82 Å². The molecule has 4 heteroatoms. The van der Waals surface area contributed by atoms with Gasteiger partial charge in [-0.1, -0.05) is 17.7 Å². The molecular weight excluding hydrogens is 217 g/mol. The van der Waals surface area contributed by atoms with Crippen molar-refractivity contribution in [1.82, 2.24) is 0 Å². The van der Waals surface area contributed by atoms with Crippen molar-refractivity contribution < 1.29 is 9.18 Å². The maximum Gasteiger partial charge on any atom is 0.250 e. The molecule has 1 aromatic rings. The summed E-state index contributed by atoms with van der Waals surface area (Å²) in [6.07, 6.45) is 1.69. The van der Waals surface area contributed by atoms with Crippen molar-refractivity contribution >= 4 is 23.2 Å². The van der Waals surface area contributed by atoms with Crippen molar-refractivity contribution in [3.63, 3.8) is 0 Å². The van der Waals surface area contributed by atoms with Gasteiger partial charge in [0.15, 0.2) is 0 Å². The summed E-state index contributed by atoms with van der Waals surface area (Å²) in [4.78, 5) is 11.4. The molecule has 0 aliphatic carbocycles. The zero-order chi connectivity index (χ0) is 11.4. The van der Waals surface area contributed by atoms with Gasteiger partial charge in [0.05, 0.1) is 5.02 Å². The summed E-state index contributed by atoms with van der Waals surface area (Å²) in [5, 5.41) is 2.59. The number of hydrogen-bond donors (Lipinski definition) is 1. The largest absolute Gasteiger partial charge is 0.322 e. The lowest BCUT2D eigenvalue weighted by Gasteiger charge is -2.05. The van der Waals surface area contributed by atoms with Gasteiger partial charge in [0.2, 0.25) is 0 Å². The second-order valence-electron chi connectivity index (χ2n) is 3.05. The van der Waals surface area contributed by atoms with E-state index in [1.807, 2.05) is 0 Å². The van der Waals surface area contributed by atoms with E-state index in [0.29, 0.717) is 11.3 Å². The molecule has 80 valence electrons. The molecular formula is C11H11ClFNO. The van der Waals surface area contributed by atoms with Crippen molar-refractivity contribution in [3.05, 3.63) is 40.7 Å². The van der Waals surface area contributed by atoms with Crippen molar-refractivity contribution in [3.8, 4) is 0 Å². The first-order valence-corrected chi connectivity index (χ1v) is 4.81. The smallest absolute Gasteiger partial charge is 0.250 e. The van der Waals surface area contributed by atoms with Crippen LogP contribution in [0.15, 0.2) is 29.8 Å². The monoisotopic (exact) mass is 227 g/mol. The number of nitrogens with one attached hydrogen (secondary N) is 1. The van der Waals surface area contributed by atoms with Gasteiger partial charge in [-0.3, -0.25) is 4.79 Å². The average Bonchev–Trinajstić information content (AvgIpc) is 2.22. The van der Waals surface area contributed by atoms with Crippen LogP contribution in [0, 0.1) is 5.82 Å². The summed E-state index contributed by atoms with van der Waals surface area (Å²) in [5.41, 5.74) is 1.07. The molecule has 0 fully saturated rings. The zero-order valence-corrected chi connectivity index (χ0v) is 9.23. The van der Waals surface area contributed by atoms with Crippen molar-refractivity contribution in [2.75, 3.05) is 5.32 Å². The quantitative estimate of drug-likeness (QED) is 0.771. The van der Waals surface area contributed by atoms with Gasteiger partial charge in [0.25, 0.3) is 5.91 Å². The minimum atomic E-state index is -0.502. The molecule has 0 unspecified atom stereocenters. The Balaban J connectivity index is 2.82. The number of anilines is 1. The number of carbonyl (C=O) groups is 1. The van der Waals surface area contributed by atoms with E-state index in [9.17, 15) is 9.18 Å². The fourth-order valence-electron chi connectivity index (χ4n) is 0.935. The van der Waals surface area contributed by atoms with Gasteiger partial charge in [-0.05, 0) is 32.0 Å². The Morgan fingerprint density at radius 2 is 2.20 bits per heavy atom. The lowest BCUT2D eigenvalue weighted by molar-refractivity contribution is -0.112. The van der Waals surface area contributed by atoms with E-state index in [2.05, 4.69) is 5.32 Å². The minimum absolute atomic E-state index is 0.00840. The summed E-state index contributed by atoms with van der Waals surface area (Å²) >= 11 is 5.57. The molecule has 0 aromatic heterocycles. The van der Waals surface area contributed by atoms with Crippen LogP contribution in [-0.2, 0) is 4.79 Å². The van der Waals surface area contributed by atoms with Crippen LogP contribution >= 0.6 is 11.6 Å². The summed E-state index contributed by atoms with van der Waals surface area (Å²) < 4.78 is 12.8. The molecule has 0 radical (unpaired) electrons. The number of allylic oxidation sites excluding steroid dienone is 1. The first-order valence-electron chi connectivity index (χ1n) is 4.44. The van der Waals surface area contributed by atoms with Crippen molar-refractivity contribution in [2.45, 2.75) is 13.8 Å². The van der Waals surface area contributed by atoms with E-state index in [0.717, 1.165) is 0 Å². The number of halogens is 2. The lowest BCUT2D eigenvalue weighted by Crippen LogP contribution is -2.12. The molecule has 0 aliphatic rings. The minimum Gasteiger partial charge on any atom is -0.322 e. The highest BCUT2D eigenvalue weighted by Crippen LogP contribution is 2.19. The van der Waals surface area contributed by atoms with E-state index in [4.69, 9.17) is 11.6 Å². The average molecular weight is 228 g/mol. The van der Waals surface area contributed by atoms with Gasteiger partial charge in [-0.15, -0.1) is 0 Å². The van der Waals surface area contributed by atoms with Crippen LogP contribution in [-0.4, -0.2) is 5.91 Å². The van der Waals surface area contributed by atoms with Gasteiger partial charge < -0.3 is 5.32 Å². The highest BCUT2D eigenvalue weighted by molar-refractivity contribution is 6.31. The first-order chi connectivity index (χ1) is 7.04. The van der Waals surface area contributed by atoms with E-state index in [1.54, 1.807) is 19.9 Å². The Labute approximate surface area is 92.7 Å². The summed E-state index contributed by atoms with van der Waals surface area (Å²) in [6.45, 7) is 3.47. The normalized spacial score (nSPS) is 11.3. The standard InChI is InChI=1S/C11H11ClFNO/c1-3-7(2)11(15)14-8-4-5-10(13)9(12)6-8/h3-6H,1-2H3,(H,14,15). The Kier molecular flexibility index (Phi) is 3.86. The molecule has 0 saturated carbocycles. The van der Waals surface area contributed by atoms with E-state index < -0.39 is 5.82 Å². The molecule has 0 heterocycles. The Morgan fingerprint density at radius 1 is 1.53 bits per heavy atom. The van der Waals surface area contributed by atoms with Crippen LogP contribution in [0.5, 0.6) is 0 Å². The molecule has 1 amide bonds. The number of benzene rings is 1. The van der Waals surface area contributed by atoms with Crippen LogP contribution in [0.25, 0.3) is 0 Å². The van der Waals surface area contributed by atoms with Gasteiger partial charge >= 0.3 is 0 Å². The molecule has 1 rings (SSSR count). The predicted octanol–water partition coefficient (Wildman–Crippen LogP) is 3.38. The van der Waals surface area contributed by atoms with Crippen LogP contribution in [0.1, 0.15) is 13.8 Å². The van der Waals surface area contributed by atoms with Crippen LogP contribution in [0.2, 0.25) is 5.02 Å². The molecule has 1 N–H and O–H groups in total. The molecule has 0 saturated heterocycles. The third kappa shape index (κ3) is 3.06. The number of carbonyl (C=O) groups excluding carboxylic acids is 1. The summed E-state index contributed by atoms with van der Waals surface area (Å²) in [6, 6.07) is 4.04. The Bertz CT molecular complexity index is 415. The van der Waals surface area contributed by atoms with E-state index in [-0.39, 0.29) is 10.9 Å². The molecule has 0 bridgehead atoms. The van der Waals surface area contributed by atoms with Crippen LogP contribution in [0.3, 0.4) is 0 Å². The van der Waals surface area contributed by atoms with E-state index >= 15 is 0 Å². The highest BCUT2D eigenvalue weighted by Gasteiger charge is 2.05. The van der Waals surface area contributed by atoms with Crippen molar-refractivity contribution in [2.24, 2.45) is 0 Å². The maximum absolute atomic E-state index is 12.8. The van der Waals surface area contributed by atoms with Gasteiger partial charge in [-0.2, -0.15) is 0 Å².